The zero-order valence-corrected chi connectivity index (χ0v) is 14.8. The van der Waals surface area contributed by atoms with Gasteiger partial charge in [0.15, 0.2) is 0 Å². The first-order valence-corrected chi connectivity index (χ1v) is 9.39. The number of carbonyl (C=O) groups is 1. The van der Waals surface area contributed by atoms with Gasteiger partial charge in [0.05, 0.1) is 7.11 Å². The molecule has 1 atom stereocenters. The van der Waals surface area contributed by atoms with Gasteiger partial charge in [-0.3, -0.25) is 0 Å². The molecular formula is C21H26N2O2. The Hall–Kier alpha value is -2.23. The van der Waals surface area contributed by atoms with Crippen molar-refractivity contribution in [1.29, 1.82) is 0 Å². The molecule has 1 fully saturated rings. The number of methoxy groups -OCH3 is 1. The van der Waals surface area contributed by atoms with Crippen LogP contribution in [0.2, 0.25) is 0 Å². The molecule has 2 aliphatic rings. The van der Waals surface area contributed by atoms with Crippen molar-refractivity contribution in [2.24, 2.45) is 0 Å². The number of nitrogens with one attached hydrogen (secondary N) is 2. The lowest BCUT2D eigenvalue weighted by atomic mass is 9.85. The first-order valence-electron chi connectivity index (χ1n) is 9.39. The topological polar surface area (TPSA) is 50.4 Å². The van der Waals surface area contributed by atoms with Crippen LogP contribution in [-0.4, -0.2) is 25.2 Å². The maximum Gasteiger partial charge on any atom is 0.315 e. The van der Waals surface area contributed by atoms with Crippen molar-refractivity contribution in [2.75, 3.05) is 7.11 Å². The van der Waals surface area contributed by atoms with E-state index in [2.05, 4.69) is 34.9 Å². The molecule has 0 aliphatic heterocycles. The molecule has 0 saturated heterocycles. The minimum atomic E-state index is -0.0255. The molecule has 0 aromatic heterocycles. The van der Waals surface area contributed by atoms with Crippen LogP contribution in [0.5, 0.6) is 5.75 Å². The molecule has 1 saturated carbocycles. The Balaban J connectivity index is 1.51. The highest BCUT2D eigenvalue weighted by Crippen LogP contribution is 2.35. The molecule has 25 heavy (non-hydrogen) atoms. The summed E-state index contributed by atoms with van der Waals surface area (Å²) < 4.78 is 5.58. The summed E-state index contributed by atoms with van der Waals surface area (Å²) in [5.41, 5.74) is 2.51. The largest absolute Gasteiger partial charge is 0.496 e. The van der Waals surface area contributed by atoms with Gasteiger partial charge in [0.25, 0.3) is 0 Å². The highest BCUT2D eigenvalue weighted by Gasteiger charge is 2.25. The molecule has 0 heterocycles. The van der Waals surface area contributed by atoms with E-state index >= 15 is 0 Å². The highest BCUT2D eigenvalue weighted by molar-refractivity contribution is 5.92. The number of hydrogen-bond donors (Lipinski definition) is 2. The van der Waals surface area contributed by atoms with Crippen molar-refractivity contribution in [3.05, 3.63) is 41.5 Å². The van der Waals surface area contributed by atoms with Crippen molar-refractivity contribution in [3.63, 3.8) is 0 Å². The van der Waals surface area contributed by atoms with Gasteiger partial charge in [-0.2, -0.15) is 0 Å². The minimum Gasteiger partial charge on any atom is -0.496 e. The van der Waals surface area contributed by atoms with Crippen LogP contribution in [0.4, 0.5) is 4.79 Å². The first-order chi connectivity index (χ1) is 12.2. The monoisotopic (exact) mass is 338 g/mol. The molecule has 2 amide bonds. The number of hydrogen-bond acceptors (Lipinski definition) is 2. The standard InChI is InChI=1S/C21H26N2O2/c1-25-19-11-10-14-6-5-7-15-12-17(13-18(19)20(14)15)23-21(24)22-16-8-3-2-4-9-16/h5-7,10-11,16-17H,2-4,8-9,12-13H2,1H3,(H2,22,23,24). The average Bonchev–Trinajstić information content (AvgIpc) is 2.63. The number of rotatable bonds is 3. The van der Waals surface area contributed by atoms with Crippen LogP contribution in [0.1, 0.15) is 43.2 Å². The predicted octanol–water partition coefficient (Wildman–Crippen LogP) is 3.95. The summed E-state index contributed by atoms with van der Waals surface area (Å²) in [4.78, 5) is 12.4. The van der Waals surface area contributed by atoms with Gasteiger partial charge in [-0.15, -0.1) is 0 Å². The maximum absolute atomic E-state index is 12.4. The van der Waals surface area contributed by atoms with E-state index in [1.165, 1.54) is 41.2 Å². The number of benzene rings is 2. The van der Waals surface area contributed by atoms with Gasteiger partial charge in [-0.1, -0.05) is 43.5 Å². The summed E-state index contributed by atoms with van der Waals surface area (Å²) >= 11 is 0. The Kier molecular flexibility index (Phi) is 4.51. The van der Waals surface area contributed by atoms with E-state index in [1.54, 1.807) is 7.11 Å². The van der Waals surface area contributed by atoms with E-state index in [-0.39, 0.29) is 12.1 Å². The van der Waals surface area contributed by atoms with E-state index in [1.807, 2.05) is 6.07 Å². The Morgan fingerprint density at radius 3 is 2.60 bits per heavy atom. The van der Waals surface area contributed by atoms with Crippen LogP contribution in [0.3, 0.4) is 0 Å². The maximum atomic E-state index is 12.4. The van der Waals surface area contributed by atoms with Crippen molar-refractivity contribution < 1.29 is 9.53 Å². The highest BCUT2D eigenvalue weighted by atomic mass is 16.5. The normalized spacial score (nSPS) is 20.3. The summed E-state index contributed by atoms with van der Waals surface area (Å²) in [5.74, 6) is 0.916. The molecule has 0 bridgehead atoms. The zero-order chi connectivity index (χ0) is 17.2. The second-order valence-corrected chi connectivity index (χ2v) is 7.32. The van der Waals surface area contributed by atoms with E-state index in [0.29, 0.717) is 6.04 Å². The third-order valence-corrected chi connectivity index (χ3v) is 5.61. The van der Waals surface area contributed by atoms with Gasteiger partial charge >= 0.3 is 6.03 Å². The molecule has 0 spiro atoms. The number of urea groups is 1. The third kappa shape index (κ3) is 3.30. The predicted molar refractivity (Wildman–Crippen MR) is 100 cm³/mol. The molecule has 2 aromatic rings. The quantitative estimate of drug-likeness (QED) is 0.890. The lowest BCUT2D eigenvalue weighted by Gasteiger charge is -2.29. The lowest BCUT2D eigenvalue weighted by molar-refractivity contribution is 0.228. The molecule has 4 heteroatoms. The molecule has 132 valence electrons. The fraction of sp³-hybridized carbons (Fsp3) is 0.476. The van der Waals surface area contributed by atoms with Crippen LogP contribution in [0.15, 0.2) is 30.3 Å². The van der Waals surface area contributed by atoms with Crippen molar-refractivity contribution >= 4 is 16.8 Å². The van der Waals surface area contributed by atoms with Crippen LogP contribution in [0, 0.1) is 0 Å². The van der Waals surface area contributed by atoms with Crippen molar-refractivity contribution in [2.45, 2.75) is 57.0 Å². The van der Waals surface area contributed by atoms with Gasteiger partial charge in [-0.25, -0.2) is 4.79 Å². The average molecular weight is 338 g/mol. The molecule has 2 aliphatic carbocycles. The Morgan fingerprint density at radius 1 is 1.00 bits per heavy atom. The van der Waals surface area contributed by atoms with Gasteiger partial charge in [0.1, 0.15) is 5.75 Å². The Morgan fingerprint density at radius 2 is 1.80 bits per heavy atom. The molecule has 2 aromatic carbocycles. The van der Waals surface area contributed by atoms with Crippen LogP contribution in [0.25, 0.3) is 10.8 Å². The number of carbonyl (C=O) groups excluding carboxylic acids is 1. The second-order valence-electron chi connectivity index (χ2n) is 7.32. The molecular weight excluding hydrogens is 312 g/mol. The number of ether oxygens (including phenoxy) is 1. The lowest BCUT2D eigenvalue weighted by Crippen LogP contribution is -2.48. The summed E-state index contributed by atoms with van der Waals surface area (Å²) in [7, 11) is 1.72. The Labute approximate surface area is 148 Å². The molecule has 0 radical (unpaired) electrons. The summed E-state index contributed by atoms with van der Waals surface area (Å²) in [6.45, 7) is 0. The van der Waals surface area contributed by atoms with E-state index in [0.717, 1.165) is 31.4 Å². The van der Waals surface area contributed by atoms with Crippen LogP contribution < -0.4 is 15.4 Å². The molecule has 4 rings (SSSR count). The van der Waals surface area contributed by atoms with E-state index in [9.17, 15) is 4.79 Å². The second kappa shape index (κ2) is 6.95. The van der Waals surface area contributed by atoms with Gasteiger partial charge in [-0.05, 0) is 48.1 Å². The SMILES string of the molecule is COc1ccc2cccc3c2c1CC(NC(=O)NC1CCCCC1)C3. The van der Waals surface area contributed by atoms with Crippen LogP contribution in [-0.2, 0) is 12.8 Å². The van der Waals surface area contributed by atoms with E-state index < -0.39 is 0 Å². The fourth-order valence-electron chi connectivity index (χ4n) is 4.43. The number of amides is 2. The molecule has 1 unspecified atom stereocenters. The molecule has 2 N–H and O–H groups in total. The van der Waals surface area contributed by atoms with Crippen molar-refractivity contribution in [3.8, 4) is 5.75 Å². The van der Waals surface area contributed by atoms with Crippen LogP contribution >= 0.6 is 0 Å². The summed E-state index contributed by atoms with van der Waals surface area (Å²) in [5, 5.41) is 8.91. The van der Waals surface area contributed by atoms with Crippen molar-refractivity contribution in [1.82, 2.24) is 10.6 Å². The third-order valence-electron chi connectivity index (χ3n) is 5.61. The zero-order valence-electron chi connectivity index (χ0n) is 14.8. The fourth-order valence-corrected chi connectivity index (χ4v) is 4.43. The van der Waals surface area contributed by atoms with Gasteiger partial charge in [0.2, 0.25) is 0 Å². The van der Waals surface area contributed by atoms with Gasteiger partial charge < -0.3 is 15.4 Å². The first kappa shape index (κ1) is 16.2. The van der Waals surface area contributed by atoms with Gasteiger partial charge in [0, 0.05) is 17.6 Å². The summed E-state index contributed by atoms with van der Waals surface area (Å²) in [6.07, 6.45) is 7.64. The van der Waals surface area contributed by atoms with E-state index in [4.69, 9.17) is 4.74 Å². The smallest absolute Gasteiger partial charge is 0.315 e. The molecule has 4 nitrogen and oxygen atoms in total. The minimum absolute atomic E-state index is 0.0255. The Bertz CT molecular complexity index is 781. The summed E-state index contributed by atoms with van der Waals surface area (Å²) in [6, 6.07) is 11.0.